The van der Waals surface area contributed by atoms with Gasteiger partial charge in [0.25, 0.3) is 0 Å². The first-order valence-corrected chi connectivity index (χ1v) is 7.31. The zero-order valence-electron chi connectivity index (χ0n) is 10.5. The standard InChI is InChI=1S/C14H13NO2.CH3Br/c16-14(17)15-13(11-7-3-1-4-8-11)12-9-5-2-6-10-12;1-2/h1-10,13,15H,(H,16,17);1H3/p-1. The first-order chi connectivity index (χ1) is 9.27. The van der Waals surface area contributed by atoms with E-state index in [4.69, 9.17) is 0 Å². The highest BCUT2D eigenvalue weighted by Crippen LogP contribution is 2.21. The number of carboxylic acid groups (broad SMARTS) is 1. The van der Waals surface area contributed by atoms with Gasteiger partial charge in [-0.15, -0.1) is 0 Å². The number of rotatable bonds is 3. The lowest BCUT2D eigenvalue weighted by molar-refractivity contribution is -0.251. The van der Waals surface area contributed by atoms with E-state index < -0.39 is 6.09 Å². The van der Waals surface area contributed by atoms with E-state index in [2.05, 4.69) is 21.2 Å². The SMILES string of the molecule is CBr.O=C([O-])NC(c1ccccc1)c1ccccc1. The number of halogens is 1. The highest BCUT2D eigenvalue weighted by atomic mass is 79.9. The van der Waals surface area contributed by atoms with Gasteiger partial charge in [0.1, 0.15) is 6.09 Å². The maximum absolute atomic E-state index is 10.7. The molecular weight excluding hydrogens is 306 g/mol. The summed E-state index contributed by atoms with van der Waals surface area (Å²) in [4.78, 5) is 10.7. The van der Waals surface area contributed by atoms with Crippen LogP contribution in [-0.4, -0.2) is 11.9 Å². The van der Waals surface area contributed by atoms with Crippen LogP contribution in [0.15, 0.2) is 60.7 Å². The van der Waals surface area contributed by atoms with E-state index in [0.29, 0.717) is 0 Å². The smallest absolute Gasteiger partial charge is 0.134 e. The van der Waals surface area contributed by atoms with Crippen molar-refractivity contribution in [3.05, 3.63) is 71.8 Å². The average molecular weight is 321 g/mol. The second-order valence-corrected chi connectivity index (χ2v) is 3.69. The summed E-state index contributed by atoms with van der Waals surface area (Å²) in [5, 5.41) is 13.2. The molecule has 2 rings (SSSR count). The Morgan fingerprint density at radius 1 is 0.947 bits per heavy atom. The molecule has 0 aromatic heterocycles. The Morgan fingerprint density at radius 2 is 1.32 bits per heavy atom. The Hall–Kier alpha value is -1.81. The minimum atomic E-state index is -1.28. The Morgan fingerprint density at radius 3 is 1.63 bits per heavy atom. The van der Waals surface area contributed by atoms with Gasteiger partial charge in [0.15, 0.2) is 0 Å². The summed E-state index contributed by atoms with van der Waals surface area (Å²) in [7, 11) is 0. The number of alkyl halides is 1. The fraction of sp³-hybridized carbons (Fsp3) is 0.133. The average Bonchev–Trinajstić information content (AvgIpc) is 2.48. The van der Waals surface area contributed by atoms with Gasteiger partial charge in [-0.05, 0) is 17.0 Å². The number of benzene rings is 2. The minimum absolute atomic E-state index is 0.387. The zero-order valence-corrected chi connectivity index (χ0v) is 12.1. The highest BCUT2D eigenvalue weighted by Gasteiger charge is 2.12. The van der Waals surface area contributed by atoms with Gasteiger partial charge >= 0.3 is 0 Å². The topological polar surface area (TPSA) is 52.2 Å². The van der Waals surface area contributed by atoms with Crippen molar-refractivity contribution in [1.29, 1.82) is 0 Å². The van der Waals surface area contributed by atoms with Crippen molar-refractivity contribution in [1.82, 2.24) is 5.32 Å². The molecule has 1 N–H and O–H groups in total. The number of hydrogen-bond acceptors (Lipinski definition) is 2. The van der Waals surface area contributed by atoms with Gasteiger partial charge in [0.05, 0.1) is 6.04 Å². The van der Waals surface area contributed by atoms with E-state index in [1.807, 2.05) is 66.5 Å². The van der Waals surface area contributed by atoms with Crippen LogP contribution in [0.25, 0.3) is 0 Å². The van der Waals surface area contributed by atoms with Gasteiger partial charge in [0.2, 0.25) is 0 Å². The monoisotopic (exact) mass is 320 g/mol. The molecule has 100 valence electrons. The molecule has 0 saturated carbocycles. The van der Waals surface area contributed by atoms with E-state index >= 15 is 0 Å². The molecule has 0 spiro atoms. The van der Waals surface area contributed by atoms with Crippen LogP contribution >= 0.6 is 15.9 Å². The number of nitrogens with one attached hydrogen (secondary N) is 1. The van der Waals surface area contributed by atoms with Gasteiger partial charge in [-0.1, -0.05) is 76.6 Å². The van der Waals surface area contributed by atoms with E-state index in [0.717, 1.165) is 11.1 Å². The largest absolute Gasteiger partial charge is 0.530 e. The predicted octanol–water partition coefficient (Wildman–Crippen LogP) is 2.72. The van der Waals surface area contributed by atoms with E-state index in [9.17, 15) is 9.90 Å². The van der Waals surface area contributed by atoms with E-state index in [1.54, 1.807) is 0 Å². The van der Waals surface area contributed by atoms with Gasteiger partial charge in [-0.2, -0.15) is 0 Å². The van der Waals surface area contributed by atoms with Crippen molar-refractivity contribution in [2.45, 2.75) is 6.04 Å². The van der Waals surface area contributed by atoms with Gasteiger partial charge in [-0.25, -0.2) is 0 Å². The van der Waals surface area contributed by atoms with Crippen molar-refractivity contribution in [3.63, 3.8) is 0 Å². The van der Waals surface area contributed by atoms with Crippen LogP contribution in [0.1, 0.15) is 17.2 Å². The molecule has 0 aliphatic rings. The third-order valence-electron chi connectivity index (χ3n) is 2.53. The van der Waals surface area contributed by atoms with Crippen LogP contribution in [0.3, 0.4) is 0 Å². The van der Waals surface area contributed by atoms with Crippen LogP contribution in [0.2, 0.25) is 0 Å². The Labute approximate surface area is 121 Å². The third-order valence-corrected chi connectivity index (χ3v) is 2.53. The number of carbonyl (C=O) groups excluding carboxylic acids is 1. The molecule has 0 aliphatic heterocycles. The summed E-state index contributed by atoms with van der Waals surface area (Å²) in [6, 6.07) is 18.4. The molecule has 0 aliphatic carbocycles. The Balaban J connectivity index is 0.000000861. The lowest BCUT2D eigenvalue weighted by Gasteiger charge is -2.21. The molecule has 0 bridgehead atoms. The summed E-state index contributed by atoms with van der Waals surface area (Å²) in [6.07, 6.45) is -1.28. The molecule has 0 heterocycles. The fourth-order valence-corrected chi connectivity index (χ4v) is 1.77. The second-order valence-electron chi connectivity index (χ2n) is 3.69. The van der Waals surface area contributed by atoms with Crippen LogP contribution in [-0.2, 0) is 0 Å². The second kappa shape index (κ2) is 8.32. The predicted molar refractivity (Wildman–Crippen MR) is 78.1 cm³/mol. The normalized spacial score (nSPS) is 9.42. The zero-order chi connectivity index (χ0) is 14.1. The van der Waals surface area contributed by atoms with E-state index in [1.165, 1.54) is 0 Å². The Bertz CT molecular complexity index is 449. The molecule has 0 radical (unpaired) electrons. The van der Waals surface area contributed by atoms with Crippen molar-refractivity contribution in [2.24, 2.45) is 0 Å². The molecular formula is C15H15BrNO2-. The molecule has 0 fully saturated rings. The summed E-state index contributed by atoms with van der Waals surface area (Å²) < 4.78 is 0. The van der Waals surface area contributed by atoms with E-state index in [-0.39, 0.29) is 6.04 Å². The molecule has 2 aromatic rings. The third kappa shape index (κ3) is 4.75. The van der Waals surface area contributed by atoms with Gasteiger partial charge < -0.3 is 15.2 Å². The summed E-state index contributed by atoms with van der Waals surface area (Å²) >= 11 is 2.94. The molecule has 0 unspecified atom stereocenters. The van der Waals surface area contributed by atoms with Crippen molar-refractivity contribution < 1.29 is 9.90 Å². The lowest BCUT2D eigenvalue weighted by atomic mass is 9.99. The van der Waals surface area contributed by atoms with Crippen molar-refractivity contribution in [3.8, 4) is 0 Å². The van der Waals surface area contributed by atoms with Gasteiger partial charge in [0, 0.05) is 0 Å². The van der Waals surface area contributed by atoms with Crippen LogP contribution in [0, 0.1) is 0 Å². The quantitative estimate of drug-likeness (QED) is 0.884. The summed E-state index contributed by atoms with van der Waals surface area (Å²) in [5.41, 5.74) is 1.78. The first kappa shape index (κ1) is 15.2. The molecule has 19 heavy (non-hydrogen) atoms. The first-order valence-electron chi connectivity index (χ1n) is 5.72. The minimum Gasteiger partial charge on any atom is -0.530 e. The van der Waals surface area contributed by atoms with Crippen LogP contribution < -0.4 is 10.4 Å². The maximum atomic E-state index is 10.7. The molecule has 0 atom stereocenters. The molecule has 4 heteroatoms. The maximum Gasteiger partial charge on any atom is 0.134 e. The highest BCUT2D eigenvalue weighted by molar-refractivity contribution is 9.08. The molecule has 3 nitrogen and oxygen atoms in total. The molecule has 2 aromatic carbocycles. The van der Waals surface area contributed by atoms with Crippen LogP contribution in [0.4, 0.5) is 4.79 Å². The summed E-state index contributed by atoms with van der Waals surface area (Å²) in [6.45, 7) is 0. The van der Waals surface area contributed by atoms with Crippen molar-refractivity contribution >= 4 is 22.0 Å². The number of carbonyl (C=O) groups is 1. The fourth-order valence-electron chi connectivity index (χ4n) is 1.77. The molecule has 1 amide bonds. The summed E-state index contributed by atoms with van der Waals surface area (Å²) in [5.74, 6) is 1.81. The number of amides is 1. The van der Waals surface area contributed by atoms with Crippen molar-refractivity contribution in [2.75, 3.05) is 5.83 Å². The lowest BCUT2D eigenvalue weighted by Crippen LogP contribution is -2.39. The number of hydrogen-bond donors (Lipinski definition) is 1. The van der Waals surface area contributed by atoms with Gasteiger partial charge in [-0.3, -0.25) is 0 Å². The Kier molecular flexibility index (Phi) is 6.68. The molecule has 0 saturated heterocycles. The van der Waals surface area contributed by atoms with Crippen LogP contribution in [0.5, 0.6) is 0 Å².